The Balaban J connectivity index is 1.78. The summed E-state index contributed by atoms with van der Waals surface area (Å²) >= 11 is 1.45. The summed E-state index contributed by atoms with van der Waals surface area (Å²) in [4.78, 5) is 33.6. The van der Waals surface area contributed by atoms with Crippen LogP contribution in [0.3, 0.4) is 0 Å². The van der Waals surface area contributed by atoms with Crippen LogP contribution in [0.4, 0.5) is 11.4 Å². The van der Waals surface area contributed by atoms with E-state index in [1.54, 1.807) is 29.1 Å². The smallest absolute Gasteiger partial charge is 0.268 e. The van der Waals surface area contributed by atoms with Crippen LogP contribution in [0.1, 0.15) is 23.5 Å². The maximum Gasteiger partial charge on any atom is 0.268 e. The number of aromatic nitrogens is 1. The van der Waals surface area contributed by atoms with Crippen molar-refractivity contribution < 1.29 is 9.59 Å². The van der Waals surface area contributed by atoms with Gasteiger partial charge in [0, 0.05) is 25.9 Å². The Morgan fingerprint density at radius 1 is 1.20 bits per heavy atom. The molecule has 1 atom stereocenters. The molecule has 2 aromatic heterocycles. The number of fused-ring (bicyclic) bond motifs is 2. The number of anilines is 2. The van der Waals surface area contributed by atoms with Crippen LogP contribution in [0.5, 0.6) is 0 Å². The maximum absolute atomic E-state index is 13.2. The molecule has 0 fully saturated rings. The van der Waals surface area contributed by atoms with E-state index in [1.165, 1.54) is 11.3 Å². The van der Waals surface area contributed by atoms with Crippen molar-refractivity contribution in [3.05, 3.63) is 53.7 Å². The predicted molar refractivity (Wildman–Crippen MR) is 100 cm³/mol. The van der Waals surface area contributed by atoms with Crippen molar-refractivity contribution in [1.29, 1.82) is 0 Å². The largest absolute Gasteiger partial charge is 0.306 e. The lowest BCUT2D eigenvalue weighted by atomic mass is 10.1. The van der Waals surface area contributed by atoms with Gasteiger partial charge in [-0.2, -0.15) is 0 Å². The first-order chi connectivity index (χ1) is 12.1. The molecule has 6 heteroatoms. The lowest BCUT2D eigenvalue weighted by molar-refractivity contribution is -0.117. The third kappa shape index (κ3) is 2.59. The van der Waals surface area contributed by atoms with Crippen LogP contribution in [-0.4, -0.2) is 29.4 Å². The molecule has 2 amide bonds. The average molecular weight is 351 g/mol. The molecule has 0 radical (unpaired) electrons. The molecule has 126 valence electrons. The zero-order valence-electron chi connectivity index (χ0n) is 14.0. The van der Waals surface area contributed by atoms with Gasteiger partial charge in [0.15, 0.2) is 0 Å². The van der Waals surface area contributed by atoms with Gasteiger partial charge < -0.3 is 9.80 Å². The topological polar surface area (TPSA) is 53.5 Å². The zero-order chi connectivity index (χ0) is 17.6. The Labute approximate surface area is 149 Å². The van der Waals surface area contributed by atoms with Crippen molar-refractivity contribution in [1.82, 2.24) is 4.98 Å². The lowest BCUT2D eigenvalue weighted by Gasteiger charge is -2.40. The van der Waals surface area contributed by atoms with Gasteiger partial charge in [-0.15, -0.1) is 11.3 Å². The number of nitrogens with zero attached hydrogens (tertiary/aromatic N) is 3. The van der Waals surface area contributed by atoms with Crippen molar-refractivity contribution in [2.75, 3.05) is 16.3 Å². The molecular formula is C19H17N3O2S. The molecule has 1 aliphatic rings. The van der Waals surface area contributed by atoms with E-state index in [2.05, 4.69) is 4.98 Å². The van der Waals surface area contributed by atoms with E-state index >= 15 is 0 Å². The van der Waals surface area contributed by atoms with Crippen molar-refractivity contribution in [2.45, 2.75) is 19.9 Å². The monoisotopic (exact) mass is 351 g/mol. The summed E-state index contributed by atoms with van der Waals surface area (Å²) < 4.78 is 0.995. The highest BCUT2D eigenvalue weighted by Gasteiger charge is 2.34. The molecule has 0 N–H and O–H groups in total. The average Bonchev–Trinajstić information content (AvgIpc) is 3.04. The van der Waals surface area contributed by atoms with Crippen LogP contribution >= 0.6 is 11.3 Å². The molecular weight excluding hydrogens is 334 g/mol. The summed E-state index contributed by atoms with van der Waals surface area (Å²) in [6, 6.07) is 11.3. The molecule has 3 heterocycles. The minimum Gasteiger partial charge on any atom is -0.306 e. The number of thiophene rings is 1. The highest BCUT2D eigenvalue weighted by atomic mass is 32.1. The van der Waals surface area contributed by atoms with Crippen LogP contribution in [0.15, 0.2) is 48.8 Å². The van der Waals surface area contributed by atoms with Crippen LogP contribution in [0, 0.1) is 0 Å². The van der Waals surface area contributed by atoms with Crippen LogP contribution < -0.4 is 9.80 Å². The lowest BCUT2D eigenvalue weighted by Crippen LogP contribution is -2.51. The summed E-state index contributed by atoms with van der Waals surface area (Å²) in [6.07, 6.45) is 3.51. The highest BCUT2D eigenvalue weighted by Crippen LogP contribution is 2.37. The van der Waals surface area contributed by atoms with E-state index in [9.17, 15) is 9.59 Å². The quantitative estimate of drug-likeness (QED) is 0.672. The second kappa shape index (κ2) is 5.97. The molecule has 0 spiro atoms. The Kier molecular flexibility index (Phi) is 3.77. The van der Waals surface area contributed by atoms with Gasteiger partial charge in [0.2, 0.25) is 5.91 Å². The standard InChI is InChI=1S/C19H17N3O2S/c1-12-11-21(15-5-3-4-6-16(15)22(12)13(2)23)19(24)17-9-14-7-8-20-10-18(14)25-17/h3-10,12H,11H2,1-2H3/t12-/m0/s1. The number of benzene rings is 1. The fraction of sp³-hybridized carbons (Fsp3) is 0.211. The first kappa shape index (κ1) is 15.8. The fourth-order valence-corrected chi connectivity index (χ4v) is 4.35. The number of amides is 2. The van der Waals surface area contributed by atoms with Crippen molar-refractivity contribution in [3.8, 4) is 0 Å². The molecule has 25 heavy (non-hydrogen) atoms. The number of carbonyl (C=O) groups excluding carboxylic acids is 2. The summed E-state index contributed by atoms with van der Waals surface area (Å²) in [6.45, 7) is 4.00. The maximum atomic E-state index is 13.2. The van der Waals surface area contributed by atoms with Gasteiger partial charge in [-0.3, -0.25) is 14.6 Å². The Bertz CT molecular complexity index is 948. The summed E-state index contributed by atoms with van der Waals surface area (Å²) in [5.41, 5.74) is 1.56. The predicted octanol–water partition coefficient (Wildman–Crippen LogP) is 3.70. The molecule has 3 aromatic rings. The van der Waals surface area contributed by atoms with Crippen molar-refractivity contribution in [2.24, 2.45) is 0 Å². The van der Waals surface area contributed by atoms with Gasteiger partial charge in [-0.25, -0.2) is 0 Å². The van der Waals surface area contributed by atoms with Crippen LogP contribution in [0.25, 0.3) is 10.1 Å². The van der Waals surface area contributed by atoms with Gasteiger partial charge in [0.25, 0.3) is 5.91 Å². The normalized spacial score (nSPS) is 16.8. The van der Waals surface area contributed by atoms with E-state index in [4.69, 9.17) is 0 Å². The van der Waals surface area contributed by atoms with E-state index in [0.717, 1.165) is 21.5 Å². The van der Waals surface area contributed by atoms with Crippen molar-refractivity contribution in [3.63, 3.8) is 0 Å². The molecule has 1 aliphatic heterocycles. The Hall–Kier alpha value is -2.73. The second-order valence-corrected chi connectivity index (χ2v) is 7.25. The van der Waals surface area contributed by atoms with E-state index in [0.29, 0.717) is 11.4 Å². The minimum atomic E-state index is -0.0765. The second-order valence-electron chi connectivity index (χ2n) is 6.17. The number of hydrogen-bond acceptors (Lipinski definition) is 4. The molecule has 0 saturated carbocycles. The number of rotatable bonds is 1. The van der Waals surface area contributed by atoms with Crippen LogP contribution in [0.2, 0.25) is 0 Å². The Morgan fingerprint density at radius 3 is 2.68 bits per heavy atom. The van der Waals surface area contributed by atoms with Gasteiger partial charge in [-0.1, -0.05) is 12.1 Å². The molecule has 0 bridgehead atoms. The third-order valence-electron chi connectivity index (χ3n) is 4.44. The fourth-order valence-electron chi connectivity index (χ4n) is 3.37. The number of pyridine rings is 1. The molecule has 5 nitrogen and oxygen atoms in total. The Morgan fingerprint density at radius 2 is 1.96 bits per heavy atom. The minimum absolute atomic E-state index is 0.0139. The summed E-state index contributed by atoms with van der Waals surface area (Å²) in [5, 5.41) is 1.02. The molecule has 0 aliphatic carbocycles. The molecule has 1 aromatic carbocycles. The van der Waals surface area contributed by atoms with Crippen LogP contribution in [-0.2, 0) is 4.79 Å². The first-order valence-electron chi connectivity index (χ1n) is 8.10. The van der Waals surface area contributed by atoms with E-state index < -0.39 is 0 Å². The number of carbonyl (C=O) groups is 2. The van der Waals surface area contributed by atoms with Gasteiger partial charge in [-0.05, 0) is 36.6 Å². The summed E-state index contributed by atoms with van der Waals surface area (Å²) in [7, 11) is 0. The van der Waals surface area contributed by atoms with E-state index in [1.807, 2.05) is 43.3 Å². The molecule has 0 saturated heterocycles. The van der Waals surface area contributed by atoms with Gasteiger partial charge >= 0.3 is 0 Å². The molecule has 0 unspecified atom stereocenters. The van der Waals surface area contributed by atoms with Gasteiger partial charge in [0.1, 0.15) is 0 Å². The number of para-hydroxylation sites is 2. The first-order valence-corrected chi connectivity index (χ1v) is 8.92. The molecule has 4 rings (SSSR count). The van der Waals surface area contributed by atoms with Crippen molar-refractivity contribution >= 4 is 44.6 Å². The third-order valence-corrected chi connectivity index (χ3v) is 5.51. The number of hydrogen-bond donors (Lipinski definition) is 0. The van der Waals surface area contributed by atoms with E-state index in [-0.39, 0.29) is 17.9 Å². The zero-order valence-corrected chi connectivity index (χ0v) is 14.8. The van der Waals surface area contributed by atoms with Gasteiger partial charge in [0.05, 0.1) is 27.0 Å². The SMILES string of the molecule is CC(=O)N1c2ccccc2N(C(=O)c2cc3ccncc3s2)C[C@@H]1C. The summed E-state index contributed by atoms with van der Waals surface area (Å²) in [5.74, 6) is -0.0521. The highest BCUT2D eigenvalue weighted by molar-refractivity contribution is 7.20.